The summed E-state index contributed by atoms with van der Waals surface area (Å²) >= 11 is 0. The molecule has 2 N–H and O–H groups in total. The third-order valence-electron chi connectivity index (χ3n) is 5.98. The Morgan fingerprint density at radius 1 is 0.974 bits per heavy atom. The Balaban J connectivity index is 0.000000317. The first-order valence-corrected chi connectivity index (χ1v) is 11.4. The van der Waals surface area contributed by atoms with Crippen LogP contribution in [-0.4, -0.2) is 94.2 Å². The van der Waals surface area contributed by atoms with E-state index in [0.717, 1.165) is 44.4 Å². The fourth-order valence-corrected chi connectivity index (χ4v) is 4.30. The van der Waals surface area contributed by atoms with Gasteiger partial charge in [0.2, 0.25) is 5.95 Å². The van der Waals surface area contributed by atoms with Crippen molar-refractivity contribution in [2.24, 2.45) is 11.3 Å². The lowest BCUT2D eigenvalue weighted by atomic mass is 9.77. The molecule has 2 aliphatic heterocycles. The predicted octanol–water partition coefficient (Wildman–Crippen LogP) is 3.11. The largest absolute Gasteiger partial charge is 0.490 e. The minimum absolute atomic E-state index is 0.276. The van der Waals surface area contributed by atoms with Gasteiger partial charge in [-0.1, -0.05) is 6.07 Å². The number of hydrogen-bond donors (Lipinski definition) is 2. The van der Waals surface area contributed by atoms with Crippen LogP contribution in [0.25, 0.3) is 0 Å². The fourth-order valence-electron chi connectivity index (χ4n) is 4.30. The first-order chi connectivity index (χ1) is 18.1. The van der Waals surface area contributed by atoms with Crippen molar-refractivity contribution >= 4 is 17.9 Å². The molecular formula is C23H27F6N5O5. The monoisotopic (exact) mass is 567 g/mol. The number of nitrogens with zero attached hydrogens (tertiary/aromatic N) is 5. The van der Waals surface area contributed by atoms with Crippen LogP contribution in [0, 0.1) is 11.3 Å². The van der Waals surface area contributed by atoms with Gasteiger partial charge in [0.15, 0.2) is 0 Å². The zero-order valence-corrected chi connectivity index (χ0v) is 20.7. The van der Waals surface area contributed by atoms with Crippen molar-refractivity contribution in [2.45, 2.75) is 25.4 Å². The second-order valence-electron chi connectivity index (χ2n) is 8.92. The highest BCUT2D eigenvalue weighted by Crippen LogP contribution is 2.44. The Bertz CT molecular complexity index is 1040. The average Bonchev–Trinajstić information content (AvgIpc) is 3.42. The summed E-state index contributed by atoms with van der Waals surface area (Å²) in [5.41, 5.74) is 1.27. The number of anilines is 1. The molecule has 0 unspecified atom stereocenters. The minimum Gasteiger partial charge on any atom is -0.475 e. The number of aromatic nitrogens is 3. The van der Waals surface area contributed by atoms with Gasteiger partial charge in [0.05, 0.1) is 18.9 Å². The number of alkyl halides is 6. The molecule has 1 spiro atoms. The van der Waals surface area contributed by atoms with E-state index < -0.39 is 24.3 Å². The van der Waals surface area contributed by atoms with Crippen LogP contribution in [0.2, 0.25) is 0 Å². The summed E-state index contributed by atoms with van der Waals surface area (Å²) in [5, 5.41) is 14.2. The van der Waals surface area contributed by atoms with Gasteiger partial charge in [0, 0.05) is 56.1 Å². The second kappa shape index (κ2) is 13.5. The molecular weight excluding hydrogens is 540 g/mol. The highest BCUT2D eigenvalue weighted by Gasteiger charge is 2.50. The lowest BCUT2D eigenvalue weighted by molar-refractivity contribution is -0.193. The highest BCUT2D eigenvalue weighted by atomic mass is 19.4. The van der Waals surface area contributed by atoms with E-state index in [-0.39, 0.29) is 5.41 Å². The molecule has 0 aromatic carbocycles. The average molecular weight is 567 g/mol. The van der Waals surface area contributed by atoms with Crippen molar-refractivity contribution in [3.05, 3.63) is 48.5 Å². The molecule has 2 saturated heterocycles. The van der Waals surface area contributed by atoms with Gasteiger partial charge in [-0.05, 0) is 31.7 Å². The van der Waals surface area contributed by atoms with Gasteiger partial charge in [-0.3, -0.25) is 4.98 Å². The van der Waals surface area contributed by atoms with Gasteiger partial charge >= 0.3 is 24.3 Å². The third-order valence-corrected chi connectivity index (χ3v) is 5.98. The molecule has 2 aliphatic rings. The van der Waals surface area contributed by atoms with E-state index >= 15 is 0 Å². The molecule has 0 amide bonds. The van der Waals surface area contributed by atoms with Crippen LogP contribution in [-0.2, 0) is 20.9 Å². The SMILES string of the molecule is CN1C[C@@H](COCc2ccccn2)[C@]2(CCN(c3ncccn3)C2)C1.O=C(O)C(F)(F)F.O=C(O)C(F)(F)F. The summed E-state index contributed by atoms with van der Waals surface area (Å²) in [6.45, 7) is 5.61. The van der Waals surface area contributed by atoms with E-state index in [9.17, 15) is 26.3 Å². The molecule has 0 aliphatic carbocycles. The van der Waals surface area contributed by atoms with E-state index in [1.807, 2.05) is 42.9 Å². The zero-order chi connectivity index (χ0) is 29.3. The number of hydrogen-bond acceptors (Lipinski definition) is 8. The third kappa shape index (κ3) is 9.94. The van der Waals surface area contributed by atoms with Crippen molar-refractivity contribution in [3.63, 3.8) is 0 Å². The molecule has 2 fully saturated rings. The van der Waals surface area contributed by atoms with Crippen LogP contribution in [0.15, 0.2) is 42.9 Å². The number of ether oxygens (including phenoxy) is 1. The molecule has 0 bridgehead atoms. The van der Waals surface area contributed by atoms with E-state index in [2.05, 4.69) is 31.8 Å². The van der Waals surface area contributed by atoms with E-state index in [4.69, 9.17) is 24.5 Å². The number of aliphatic carboxylic acids is 2. The molecule has 0 saturated carbocycles. The van der Waals surface area contributed by atoms with Crippen LogP contribution in [0.3, 0.4) is 0 Å². The molecule has 10 nitrogen and oxygen atoms in total. The van der Waals surface area contributed by atoms with Crippen LogP contribution >= 0.6 is 0 Å². The van der Waals surface area contributed by atoms with E-state index in [1.54, 1.807) is 0 Å². The maximum Gasteiger partial charge on any atom is 0.490 e. The molecule has 2 aromatic rings. The molecule has 2 aromatic heterocycles. The highest BCUT2D eigenvalue weighted by molar-refractivity contribution is 5.73. The first-order valence-electron chi connectivity index (χ1n) is 11.4. The molecule has 16 heteroatoms. The molecule has 0 radical (unpaired) electrons. The minimum atomic E-state index is -5.08. The lowest BCUT2D eigenvalue weighted by Crippen LogP contribution is -2.36. The number of carboxylic acid groups (broad SMARTS) is 2. The van der Waals surface area contributed by atoms with Crippen molar-refractivity contribution in [2.75, 3.05) is 44.7 Å². The molecule has 4 heterocycles. The van der Waals surface area contributed by atoms with Crippen molar-refractivity contribution < 1.29 is 50.9 Å². The molecule has 4 rings (SSSR count). The summed E-state index contributed by atoms with van der Waals surface area (Å²) in [4.78, 5) is 35.7. The standard InChI is InChI=1S/C19H25N5O.2C2HF3O2/c1-23-11-16(12-25-13-17-5-2-3-7-20-17)19(14-23)6-10-24(15-19)18-21-8-4-9-22-18;2*3-2(4,5)1(6)7/h2-5,7-9,16H,6,10-15H2,1H3;2*(H,6,7)/t16-,19+;;/m0../s1. The number of halogens is 6. The Morgan fingerprint density at radius 3 is 2.05 bits per heavy atom. The lowest BCUT2D eigenvalue weighted by Gasteiger charge is -2.30. The van der Waals surface area contributed by atoms with Gasteiger partial charge in [-0.15, -0.1) is 0 Å². The summed E-state index contributed by atoms with van der Waals surface area (Å²) in [5.74, 6) is -4.13. The topological polar surface area (TPSA) is 129 Å². The Hall–Kier alpha value is -3.53. The summed E-state index contributed by atoms with van der Waals surface area (Å²) in [7, 11) is 2.21. The summed E-state index contributed by atoms with van der Waals surface area (Å²) < 4.78 is 69.5. The van der Waals surface area contributed by atoms with E-state index in [1.165, 1.54) is 6.42 Å². The Morgan fingerprint density at radius 2 is 1.54 bits per heavy atom. The van der Waals surface area contributed by atoms with Crippen molar-refractivity contribution in [3.8, 4) is 0 Å². The smallest absolute Gasteiger partial charge is 0.475 e. The van der Waals surface area contributed by atoms with Gasteiger partial charge in [0.25, 0.3) is 0 Å². The maximum absolute atomic E-state index is 10.6. The van der Waals surface area contributed by atoms with Gasteiger partial charge in [0.1, 0.15) is 0 Å². The van der Waals surface area contributed by atoms with Crippen molar-refractivity contribution in [1.29, 1.82) is 0 Å². The van der Waals surface area contributed by atoms with Crippen molar-refractivity contribution in [1.82, 2.24) is 19.9 Å². The summed E-state index contributed by atoms with van der Waals surface area (Å²) in [6, 6.07) is 7.82. The normalized spacial score (nSPS) is 21.1. The second-order valence-corrected chi connectivity index (χ2v) is 8.92. The molecule has 39 heavy (non-hydrogen) atoms. The van der Waals surface area contributed by atoms with Gasteiger partial charge < -0.3 is 24.7 Å². The molecule has 216 valence electrons. The maximum atomic E-state index is 10.6. The zero-order valence-electron chi connectivity index (χ0n) is 20.7. The molecule has 2 atom stereocenters. The number of pyridine rings is 1. The quantitative estimate of drug-likeness (QED) is 0.520. The van der Waals surface area contributed by atoms with Gasteiger partial charge in [-0.2, -0.15) is 26.3 Å². The fraction of sp³-hybridized carbons (Fsp3) is 0.522. The Labute approximate surface area is 219 Å². The Kier molecular flexibility index (Phi) is 11.0. The number of carboxylic acids is 2. The number of likely N-dealkylation sites (tertiary alicyclic amines) is 1. The van der Waals surface area contributed by atoms with Crippen LogP contribution in [0.1, 0.15) is 12.1 Å². The number of rotatable bonds is 5. The first kappa shape index (κ1) is 31.7. The van der Waals surface area contributed by atoms with Crippen LogP contribution < -0.4 is 4.90 Å². The van der Waals surface area contributed by atoms with E-state index in [0.29, 0.717) is 12.5 Å². The number of carbonyl (C=O) groups is 2. The van der Waals surface area contributed by atoms with Crippen LogP contribution in [0.5, 0.6) is 0 Å². The van der Waals surface area contributed by atoms with Crippen LogP contribution in [0.4, 0.5) is 32.3 Å². The van der Waals surface area contributed by atoms with Gasteiger partial charge in [-0.25, -0.2) is 19.6 Å². The summed E-state index contributed by atoms with van der Waals surface area (Å²) in [6.07, 6.45) is -3.53. The predicted molar refractivity (Wildman–Crippen MR) is 124 cm³/mol.